The third-order valence-corrected chi connectivity index (χ3v) is 4.16. The van der Waals surface area contributed by atoms with Crippen LogP contribution in [0.5, 0.6) is 5.75 Å². The average Bonchev–Trinajstić information content (AvgIpc) is 2.73. The maximum Gasteiger partial charge on any atom is 0.118 e. The number of methoxy groups -OCH3 is 2. The van der Waals surface area contributed by atoms with Gasteiger partial charge in [-0.1, -0.05) is 25.0 Å². The second kappa shape index (κ2) is 8.28. The summed E-state index contributed by atoms with van der Waals surface area (Å²) in [6, 6.07) is 9.15. The number of ether oxygens (including phenoxy) is 2. The van der Waals surface area contributed by atoms with Gasteiger partial charge in [-0.05, 0) is 43.5 Å². The SMILES string of the molecule is COCCCN1CCCCCC1c1ccc(OC)cc1. The predicted octanol–water partition coefficient (Wildman–Crippen LogP) is 3.65. The van der Waals surface area contributed by atoms with E-state index in [0.717, 1.165) is 25.3 Å². The van der Waals surface area contributed by atoms with Crippen LogP contribution >= 0.6 is 0 Å². The standard InChI is InChI=1S/C17H27NO2/c1-19-14-6-13-18-12-5-3-4-7-17(18)15-8-10-16(20-2)11-9-15/h8-11,17H,3-7,12-14H2,1-2H3. The second-order valence-electron chi connectivity index (χ2n) is 5.52. The van der Waals surface area contributed by atoms with Crippen LogP contribution in [0.3, 0.4) is 0 Å². The van der Waals surface area contributed by atoms with Gasteiger partial charge in [0.15, 0.2) is 0 Å². The van der Waals surface area contributed by atoms with Crippen molar-refractivity contribution in [3.8, 4) is 5.75 Å². The van der Waals surface area contributed by atoms with Crippen molar-refractivity contribution < 1.29 is 9.47 Å². The van der Waals surface area contributed by atoms with Crippen molar-refractivity contribution in [2.45, 2.75) is 38.1 Å². The normalized spacial score (nSPS) is 20.6. The highest BCUT2D eigenvalue weighted by Crippen LogP contribution is 2.31. The molecule has 0 spiro atoms. The zero-order valence-electron chi connectivity index (χ0n) is 12.8. The van der Waals surface area contributed by atoms with Crippen LogP contribution in [-0.4, -0.2) is 38.8 Å². The molecule has 1 unspecified atom stereocenters. The topological polar surface area (TPSA) is 21.7 Å². The van der Waals surface area contributed by atoms with E-state index in [4.69, 9.17) is 9.47 Å². The molecule has 3 nitrogen and oxygen atoms in total. The maximum atomic E-state index is 5.26. The molecule has 0 aromatic heterocycles. The Balaban J connectivity index is 2.05. The highest BCUT2D eigenvalue weighted by Gasteiger charge is 2.22. The number of hydrogen-bond acceptors (Lipinski definition) is 3. The van der Waals surface area contributed by atoms with Crippen molar-refractivity contribution >= 4 is 0 Å². The minimum absolute atomic E-state index is 0.556. The summed E-state index contributed by atoms with van der Waals surface area (Å²) in [6.07, 6.45) is 6.38. The Bertz CT molecular complexity index is 377. The highest BCUT2D eigenvalue weighted by atomic mass is 16.5. The van der Waals surface area contributed by atoms with Crippen molar-refractivity contribution in [2.24, 2.45) is 0 Å². The molecule has 1 atom stereocenters. The fourth-order valence-electron chi connectivity index (χ4n) is 3.05. The van der Waals surface area contributed by atoms with Gasteiger partial charge in [-0.3, -0.25) is 4.90 Å². The Morgan fingerprint density at radius 2 is 1.90 bits per heavy atom. The first-order valence-electron chi connectivity index (χ1n) is 7.72. The molecular formula is C17H27NO2. The molecular weight excluding hydrogens is 250 g/mol. The molecule has 0 bridgehead atoms. The van der Waals surface area contributed by atoms with E-state index < -0.39 is 0 Å². The molecule has 0 N–H and O–H groups in total. The largest absolute Gasteiger partial charge is 0.497 e. The van der Waals surface area contributed by atoms with E-state index >= 15 is 0 Å². The van der Waals surface area contributed by atoms with E-state index in [1.54, 1.807) is 14.2 Å². The third kappa shape index (κ3) is 4.22. The van der Waals surface area contributed by atoms with Crippen LogP contribution < -0.4 is 4.74 Å². The Hall–Kier alpha value is -1.06. The van der Waals surface area contributed by atoms with Gasteiger partial charge < -0.3 is 9.47 Å². The lowest BCUT2D eigenvalue weighted by atomic mass is 10.0. The molecule has 112 valence electrons. The van der Waals surface area contributed by atoms with Crippen LogP contribution in [0, 0.1) is 0 Å². The minimum Gasteiger partial charge on any atom is -0.497 e. The van der Waals surface area contributed by atoms with Crippen molar-refractivity contribution in [1.82, 2.24) is 4.90 Å². The summed E-state index contributed by atoms with van der Waals surface area (Å²) in [5.41, 5.74) is 1.42. The number of nitrogens with zero attached hydrogens (tertiary/aromatic N) is 1. The molecule has 1 saturated heterocycles. The number of rotatable bonds is 6. The van der Waals surface area contributed by atoms with Crippen LogP contribution in [-0.2, 0) is 4.74 Å². The van der Waals surface area contributed by atoms with Gasteiger partial charge in [0.1, 0.15) is 5.75 Å². The van der Waals surface area contributed by atoms with Crippen LogP contribution in [0.1, 0.15) is 43.7 Å². The summed E-state index contributed by atoms with van der Waals surface area (Å²) in [5, 5.41) is 0. The van der Waals surface area contributed by atoms with Crippen molar-refractivity contribution in [3.05, 3.63) is 29.8 Å². The Labute approximate surface area is 122 Å². The van der Waals surface area contributed by atoms with E-state index in [1.807, 2.05) is 0 Å². The van der Waals surface area contributed by atoms with E-state index in [2.05, 4.69) is 29.2 Å². The molecule has 1 fully saturated rings. The van der Waals surface area contributed by atoms with Crippen molar-refractivity contribution in [1.29, 1.82) is 0 Å². The van der Waals surface area contributed by atoms with E-state index in [0.29, 0.717) is 6.04 Å². The van der Waals surface area contributed by atoms with Gasteiger partial charge in [0.25, 0.3) is 0 Å². The van der Waals surface area contributed by atoms with Gasteiger partial charge in [-0.2, -0.15) is 0 Å². The van der Waals surface area contributed by atoms with Crippen LogP contribution in [0.15, 0.2) is 24.3 Å². The summed E-state index contributed by atoms with van der Waals surface area (Å²) >= 11 is 0. The molecule has 20 heavy (non-hydrogen) atoms. The summed E-state index contributed by atoms with van der Waals surface area (Å²) in [6.45, 7) is 3.19. The fourth-order valence-corrected chi connectivity index (χ4v) is 3.05. The summed E-state index contributed by atoms with van der Waals surface area (Å²) in [5.74, 6) is 0.938. The zero-order valence-corrected chi connectivity index (χ0v) is 12.8. The Morgan fingerprint density at radius 3 is 2.60 bits per heavy atom. The van der Waals surface area contributed by atoms with Gasteiger partial charge in [0.2, 0.25) is 0 Å². The highest BCUT2D eigenvalue weighted by molar-refractivity contribution is 5.29. The van der Waals surface area contributed by atoms with E-state index in [9.17, 15) is 0 Å². The Kier molecular flexibility index (Phi) is 6.34. The summed E-state index contributed by atoms with van der Waals surface area (Å²) in [7, 11) is 3.50. The molecule has 1 heterocycles. The lowest BCUT2D eigenvalue weighted by molar-refractivity contribution is 0.150. The average molecular weight is 277 g/mol. The molecule has 1 aromatic rings. The second-order valence-corrected chi connectivity index (χ2v) is 5.52. The van der Waals surface area contributed by atoms with E-state index in [-0.39, 0.29) is 0 Å². The van der Waals surface area contributed by atoms with Crippen LogP contribution in [0.2, 0.25) is 0 Å². The molecule has 3 heteroatoms. The number of benzene rings is 1. The Morgan fingerprint density at radius 1 is 1.10 bits per heavy atom. The van der Waals surface area contributed by atoms with Gasteiger partial charge in [0, 0.05) is 26.3 Å². The first kappa shape index (κ1) is 15.3. The predicted molar refractivity (Wildman–Crippen MR) is 82.3 cm³/mol. The van der Waals surface area contributed by atoms with Crippen molar-refractivity contribution in [3.63, 3.8) is 0 Å². The molecule has 1 aliphatic rings. The third-order valence-electron chi connectivity index (χ3n) is 4.16. The van der Waals surface area contributed by atoms with Gasteiger partial charge in [-0.25, -0.2) is 0 Å². The quantitative estimate of drug-likeness (QED) is 0.741. The van der Waals surface area contributed by atoms with Gasteiger partial charge >= 0.3 is 0 Å². The lowest BCUT2D eigenvalue weighted by Gasteiger charge is -2.30. The first-order chi connectivity index (χ1) is 9.85. The molecule has 0 aliphatic carbocycles. The summed E-state index contributed by atoms with van der Waals surface area (Å²) < 4.78 is 10.4. The van der Waals surface area contributed by atoms with Crippen molar-refractivity contribution in [2.75, 3.05) is 33.9 Å². The monoisotopic (exact) mass is 277 g/mol. The lowest BCUT2D eigenvalue weighted by Crippen LogP contribution is -2.30. The fraction of sp³-hybridized carbons (Fsp3) is 0.647. The molecule has 1 aromatic carbocycles. The molecule has 2 rings (SSSR count). The molecule has 1 aliphatic heterocycles. The van der Waals surface area contributed by atoms with Crippen LogP contribution in [0.25, 0.3) is 0 Å². The summed E-state index contributed by atoms with van der Waals surface area (Å²) in [4.78, 5) is 2.63. The van der Waals surface area contributed by atoms with Gasteiger partial charge in [-0.15, -0.1) is 0 Å². The van der Waals surface area contributed by atoms with Crippen LogP contribution in [0.4, 0.5) is 0 Å². The maximum absolute atomic E-state index is 5.26. The number of hydrogen-bond donors (Lipinski definition) is 0. The minimum atomic E-state index is 0.556. The number of likely N-dealkylation sites (tertiary alicyclic amines) is 1. The smallest absolute Gasteiger partial charge is 0.118 e. The van der Waals surface area contributed by atoms with Gasteiger partial charge in [0.05, 0.1) is 7.11 Å². The first-order valence-corrected chi connectivity index (χ1v) is 7.72. The van der Waals surface area contributed by atoms with E-state index in [1.165, 1.54) is 37.8 Å². The molecule has 0 radical (unpaired) electrons. The molecule has 0 amide bonds. The zero-order chi connectivity index (χ0) is 14.2. The molecule has 0 saturated carbocycles.